The van der Waals surface area contributed by atoms with Crippen molar-refractivity contribution in [1.29, 1.82) is 0 Å². The number of carbonyl (C=O) groups is 1. The fourth-order valence-corrected chi connectivity index (χ4v) is 3.06. The number of ketones is 1. The highest BCUT2D eigenvalue weighted by Crippen LogP contribution is 2.25. The molecule has 1 unspecified atom stereocenters. The van der Waals surface area contributed by atoms with Crippen LogP contribution in [-0.4, -0.2) is 79.6 Å². The molecule has 6 heteroatoms. The highest BCUT2D eigenvalue weighted by atomic mass is 16.5. The van der Waals surface area contributed by atoms with Crippen molar-refractivity contribution in [2.75, 3.05) is 52.8 Å². The minimum Gasteiger partial charge on any atom is -0.493 e. The fraction of sp³-hybridized carbons (Fsp3) is 0.480. The minimum atomic E-state index is -3.51. The number of rotatable bonds is 10. The molecular weight excluding hydrogens is 392 g/mol. The van der Waals surface area contributed by atoms with Crippen LogP contribution in [-0.2, 0) is 11.2 Å². The topological polar surface area (TPSA) is 62.2 Å². The van der Waals surface area contributed by atoms with Crippen LogP contribution in [0, 0.1) is 13.7 Å². The Kier molecular flexibility index (Phi) is 4.17. The van der Waals surface area contributed by atoms with Gasteiger partial charge in [-0.15, -0.1) is 0 Å². The van der Waals surface area contributed by atoms with Crippen LogP contribution in [0.1, 0.15) is 34.5 Å². The molecule has 6 nitrogen and oxygen atoms in total. The van der Waals surface area contributed by atoms with E-state index in [1.54, 1.807) is 6.07 Å². The van der Waals surface area contributed by atoms with Gasteiger partial charge < -0.3 is 14.6 Å². The molecule has 0 bridgehead atoms. The Balaban J connectivity index is 1.79. The molecule has 0 amide bonds. The lowest BCUT2D eigenvalue weighted by Gasteiger charge is -2.35. The van der Waals surface area contributed by atoms with Crippen LogP contribution < -0.4 is 9.47 Å². The Hall–Kier alpha value is -2.41. The summed E-state index contributed by atoms with van der Waals surface area (Å²) >= 11 is 0. The third-order valence-electron chi connectivity index (χ3n) is 4.67. The molecular formula is C25H34N2O4. The van der Waals surface area contributed by atoms with E-state index in [-0.39, 0.29) is 54.4 Å². The number of nitrogens with zero attached hydrogens (tertiary/aromatic N) is 2. The van der Waals surface area contributed by atoms with Crippen LogP contribution in [0.3, 0.4) is 0 Å². The van der Waals surface area contributed by atoms with Gasteiger partial charge in [0.25, 0.3) is 0 Å². The molecule has 1 aliphatic heterocycles. The predicted molar refractivity (Wildman–Crippen MR) is 122 cm³/mol. The summed E-state index contributed by atoms with van der Waals surface area (Å²) in [5, 5.41) is 10.9. The molecule has 0 saturated carbocycles. The van der Waals surface area contributed by atoms with Crippen molar-refractivity contribution in [2.45, 2.75) is 26.2 Å². The van der Waals surface area contributed by atoms with E-state index in [2.05, 4.69) is 0 Å². The van der Waals surface area contributed by atoms with Crippen LogP contribution in [0.25, 0.3) is 0 Å². The number of para-hydroxylation sites is 2. The van der Waals surface area contributed by atoms with Crippen molar-refractivity contribution in [3.05, 3.63) is 59.2 Å². The van der Waals surface area contributed by atoms with Crippen LogP contribution in [0.5, 0.6) is 11.5 Å². The van der Waals surface area contributed by atoms with Crippen molar-refractivity contribution in [2.24, 2.45) is 0 Å². The monoisotopic (exact) mass is 439 g/mol. The van der Waals surface area contributed by atoms with Gasteiger partial charge in [0.2, 0.25) is 0 Å². The zero-order valence-electron chi connectivity index (χ0n) is 30.1. The molecule has 0 radical (unpaired) electrons. The summed E-state index contributed by atoms with van der Waals surface area (Å²) in [6.07, 6.45) is -4.34. The van der Waals surface area contributed by atoms with Crippen LogP contribution >= 0.6 is 0 Å². The highest BCUT2D eigenvalue weighted by Gasteiger charge is 2.21. The lowest BCUT2D eigenvalue weighted by Crippen LogP contribution is -2.50. The normalized spacial score (nSPS) is 25.5. The standard InChI is InChI=1S/C25H34N2O4/c1-19-7-6-8-20(2)23(19)15-21(28)16-26-11-13-27(14-12-26)17-22(29)18-31-25-10-5-4-9-24(25)30-3/h4-10,22,29H,11-18H2,1-3H3/i1D3,2D3,16D2,17D2,18D2,22D. The first-order valence-electron chi connectivity index (χ1n) is 16.2. The molecule has 1 heterocycles. The summed E-state index contributed by atoms with van der Waals surface area (Å²) in [7, 11) is 1.30. The number of hydrogen-bond donors (Lipinski definition) is 1. The number of hydrogen-bond acceptors (Lipinski definition) is 6. The van der Waals surface area contributed by atoms with Gasteiger partial charge >= 0.3 is 0 Å². The average Bonchev–Trinajstić information content (AvgIpc) is 2.91. The molecule has 0 aliphatic carbocycles. The molecule has 31 heavy (non-hydrogen) atoms. The zero-order valence-corrected chi connectivity index (χ0v) is 17.1. The van der Waals surface area contributed by atoms with Crippen molar-refractivity contribution in [1.82, 2.24) is 9.80 Å². The van der Waals surface area contributed by atoms with E-state index in [0.717, 1.165) is 9.80 Å². The number of aliphatic hydroxyl groups is 1. The van der Waals surface area contributed by atoms with Gasteiger partial charge in [0, 0.05) is 50.1 Å². The Morgan fingerprint density at radius 3 is 2.39 bits per heavy atom. The van der Waals surface area contributed by atoms with Crippen LogP contribution in [0.2, 0.25) is 0 Å². The fourth-order valence-electron chi connectivity index (χ4n) is 3.06. The van der Waals surface area contributed by atoms with Gasteiger partial charge in [0.05, 0.1) is 20.5 Å². The molecule has 3 rings (SSSR count). The maximum atomic E-state index is 13.3. The minimum absolute atomic E-state index is 0.0840. The van der Waals surface area contributed by atoms with Gasteiger partial charge in [-0.1, -0.05) is 30.3 Å². The van der Waals surface area contributed by atoms with Crippen molar-refractivity contribution in [3.8, 4) is 11.5 Å². The van der Waals surface area contributed by atoms with Gasteiger partial charge in [0.15, 0.2) is 17.3 Å². The summed E-state index contributed by atoms with van der Waals surface area (Å²) in [5.74, 6) is -1.21. The number of β-amino-alcohol motifs (C(OH)–C–C–N with tert-alkyl or cyclic N) is 1. The van der Waals surface area contributed by atoms with Gasteiger partial charge in [-0.25, -0.2) is 0 Å². The maximum Gasteiger partial charge on any atom is 0.161 e. The smallest absolute Gasteiger partial charge is 0.161 e. The number of aryl methyl sites for hydroxylation is 2. The Morgan fingerprint density at radius 2 is 1.74 bits per heavy atom. The number of Topliss-reactive ketones (excluding diaryl/α,β-unsaturated/α-hetero) is 1. The second kappa shape index (κ2) is 11.3. The Labute approximate surface area is 203 Å². The number of methoxy groups -OCH3 is 1. The average molecular weight is 440 g/mol. The predicted octanol–water partition coefficient (Wildman–Crippen LogP) is 2.48. The Bertz CT molecular complexity index is 1310. The van der Waals surface area contributed by atoms with E-state index < -0.39 is 51.5 Å². The molecule has 1 fully saturated rings. The summed E-state index contributed by atoms with van der Waals surface area (Å²) in [4.78, 5) is 15.2. The van der Waals surface area contributed by atoms with Crippen LogP contribution in [0.15, 0.2) is 42.5 Å². The molecule has 1 N–H and O–H groups in total. The third-order valence-corrected chi connectivity index (χ3v) is 4.67. The van der Waals surface area contributed by atoms with E-state index >= 15 is 0 Å². The van der Waals surface area contributed by atoms with E-state index in [1.807, 2.05) is 0 Å². The van der Waals surface area contributed by atoms with Gasteiger partial charge in [-0.05, 0) is 42.5 Å². The molecule has 1 atom stereocenters. The highest BCUT2D eigenvalue weighted by molar-refractivity contribution is 5.83. The number of piperazine rings is 1. The van der Waals surface area contributed by atoms with Crippen molar-refractivity contribution in [3.63, 3.8) is 0 Å². The summed E-state index contributed by atoms with van der Waals surface area (Å²) in [6.45, 7) is -16.0. The molecule has 1 aliphatic rings. The largest absolute Gasteiger partial charge is 0.493 e. The van der Waals surface area contributed by atoms with E-state index in [0.29, 0.717) is 0 Å². The van der Waals surface area contributed by atoms with Gasteiger partial charge in [-0.3, -0.25) is 14.6 Å². The lowest BCUT2D eigenvalue weighted by molar-refractivity contribution is -0.120. The van der Waals surface area contributed by atoms with E-state index in [9.17, 15) is 9.90 Å². The molecule has 0 spiro atoms. The quantitative estimate of drug-likeness (QED) is 0.614. The first-order chi connectivity index (χ1) is 20.0. The number of benzene rings is 2. The van der Waals surface area contributed by atoms with Gasteiger partial charge in [0.1, 0.15) is 12.6 Å². The summed E-state index contributed by atoms with van der Waals surface area (Å²) in [5.41, 5.74) is -1.08. The van der Waals surface area contributed by atoms with Gasteiger partial charge in [-0.2, -0.15) is 0 Å². The van der Waals surface area contributed by atoms with E-state index in [1.165, 1.54) is 43.5 Å². The second-order valence-electron chi connectivity index (χ2n) is 6.83. The lowest BCUT2D eigenvalue weighted by atomic mass is 9.98. The molecule has 1 saturated heterocycles. The Morgan fingerprint density at radius 1 is 1.10 bits per heavy atom. The molecule has 0 aromatic heterocycles. The van der Waals surface area contributed by atoms with E-state index in [4.69, 9.17) is 27.3 Å². The SMILES string of the molecule is [2H]C([2H])([2H])c1cccc(C([2H])([2H])[2H])c1CC(=O)C([2H])([2H])N1CCN(C([2H])([2H])C([2H])(O)C([2H])([2H])Oc2ccccc2OC)CC1. The van der Waals surface area contributed by atoms with Crippen molar-refractivity contribution >= 4 is 5.78 Å². The molecule has 168 valence electrons. The van der Waals surface area contributed by atoms with Crippen LogP contribution in [0.4, 0.5) is 0 Å². The molecule has 2 aromatic carbocycles. The number of carbonyl (C=O) groups excluding carboxylic acids is 1. The third kappa shape index (κ3) is 6.79. The number of ether oxygens (including phenoxy) is 2. The summed E-state index contributed by atoms with van der Waals surface area (Å²) < 4.78 is 116. The maximum absolute atomic E-state index is 13.3. The second-order valence-corrected chi connectivity index (χ2v) is 6.83. The first-order valence-corrected chi connectivity index (χ1v) is 9.69. The first kappa shape index (κ1) is 11.5. The summed E-state index contributed by atoms with van der Waals surface area (Å²) in [6, 6.07) is 9.41. The zero-order chi connectivity index (χ0) is 33.5. The van der Waals surface area contributed by atoms with Crippen molar-refractivity contribution < 1.29 is 37.2 Å². The molecule has 2 aromatic rings.